The molecule has 0 spiro atoms. The molecule has 0 saturated carbocycles. The van der Waals surface area contributed by atoms with Crippen LogP contribution in [0, 0.1) is 6.92 Å². The minimum Gasteiger partial charge on any atom is -0.486 e. The SMILES string of the molecule is Cc1[nH]c2ccccc2c1C(=O)[C@H](C)N1CCC[C@H]1c1ccc2c(c1)OCCO2. The molecule has 1 saturated heterocycles. The number of ether oxygens (including phenoxy) is 2. The molecule has 2 aliphatic heterocycles. The first-order chi connectivity index (χ1) is 14.1. The van der Waals surface area contributed by atoms with Gasteiger partial charge < -0.3 is 14.5 Å². The first kappa shape index (κ1) is 18.3. The number of aryl methyl sites for hydroxylation is 1. The zero-order valence-corrected chi connectivity index (χ0v) is 16.9. The number of hydrogen-bond acceptors (Lipinski definition) is 4. The molecular weight excluding hydrogens is 364 g/mol. The van der Waals surface area contributed by atoms with E-state index < -0.39 is 0 Å². The number of carbonyl (C=O) groups is 1. The second kappa shape index (κ2) is 7.23. The molecule has 5 nitrogen and oxygen atoms in total. The van der Waals surface area contributed by atoms with Crippen LogP contribution in [0.15, 0.2) is 42.5 Å². The van der Waals surface area contributed by atoms with Crippen LogP contribution in [0.25, 0.3) is 10.9 Å². The summed E-state index contributed by atoms with van der Waals surface area (Å²) in [6, 6.07) is 14.3. The summed E-state index contributed by atoms with van der Waals surface area (Å²) in [7, 11) is 0. The molecule has 3 heterocycles. The zero-order valence-electron chi connectivity index (χ0n) is 16.9. The molecule has 0 aliphatic carbocycles. The van der Waals surface area contributed by atoms with Crippen molar-refractivity contribution < 1.29 is 14.3 Å². The minimum absolute atomic E-state index is 0.185. The Morgan fingerprint density at radius 3 is 2.79 bits per heavy atom. The second-order valence-electron chi connectivity index (χ2n) is 8.01. The maximum absolute atomic E-state index is 13.5. The topological polar surface area (TPSA) is 54.6 Å². The minimum atomic E-state index is -0.186. The molecule has 5 rings (SSSR count). The number of hydrogen-bond donors (Lipinski definition) is 1. The van der Waals surface area contributed by atoms with Gasteiger partial charge in [0.2, 0.25) is 0 Å². The quantitative estimate of drug-likeness (QED) is 0.659. The first-order valence-electron chi connectivity index (χ1n) is 10.4. The fourth-order valence-corrected chi connectivity index (χ4v) is 4.83. The molecule has 0 bridgehead atoms. The molecule has 1 aromatic heterocycles. The Bertz CT molecular complexity index is 1070. The van der Waals surface area contributed by atoms with Gasteiger partial charge in [0.25, 0.3) is 0 Å². The van der Waals surface area contributed by atoms with Crippen molar-refractivity contribution >= 4 is 16.7 Å². The van der Waals surface area contributed by atoms with E-state index >= 15 is 0 Å². The Kier molecular flexibility index (Phi) is 4.55. The molecule has 29 heavy (non-hydrogen) atoms. The van der Waals surface area contributed by atoms with Crippen molar-refractivity contribution in [3.05, 3.63) is 59.3 Å². The number of Topliss-reactive ketones (excluding diaryl/α,β-unsaturated/α-hetero) is 1. The van der Waals surface area contributed by atoms with Crippen LogP contribution in [-0.4, -0.2) is 41.5 Å². The smallest absolute Gasteiger partial charge is 0.182 e. The van der Waals surface area contributed by atoms with Crippen LogP contribution < -0.4 is 9.47 Å². The molecule has 1 fully saturated rings. The number of nitrogens with one attached hydrogen (secondary N) is 1. The van der Waals surface area contributed by atoms with E-state index in [4.69, 9.17) is 9.47 Å². The van der Waals surface area contributed by atoms with E-state index in [1.807, 2.05) is 44.2 Å². The Morgan fingerprint density at radius 1 is 1.14 bits per heavy atom. The highest BCUT2D eigenvalue weighted by atomic mass is 16.6. The third-order valence-corrected chi connectivity index (χ3v) is 6.26. The van der Waals surface area contributed by atoms with Crippen LogP contribution in [-0.2, 0) is 0 Å². The summed E-state index contributed by atoms with van der Waals surface area (Å²) >= 11 is 0. The number of aromatic amines is 1. The molecule has 0 amide bonds. The third kappa shape index (κ3) is 3.10. The molecule has 2 aliphatic rings. The monoisotopic (exact) mass is 390 g/mol. The van der Waals surface area contributed by atoms with E-state index in [2.05, 4.69) is 22.0 Å². The predicted molar refractivity (Wildman–Crippen MR) is 113 cm³/mol. The maximum Gasteiger partial charge on any atom is 0.182 e. The van der Waals surface area contributed by atoms with Crippen molar-refractivity contribution in [3.8, 4) is 11.5 Å². The molecule has 2 atom stereocenters. The summed E-state index contributed by atoms with van der Waals surface area (Å²) in [5.41, 5.74) is 3.98. The van der Waals surface area contributed by atoms with Gasteiger partial charge >= 0.3 is 0 Å². The van der Waals surface area contributed by atoms with Crippen molar-refractivity contribution in [1.29, 1.82) is 0 Å². The predicted octanol–water partition coefficient (Wildman–Crippen LogP) is 4.66. The number of fused-ring (bicyclic) bond motifs is 2. The van der Waals surface area contributed by atoms with Crippen molar-refractivity contribution in [2.45, 2.75) is 38.8 Å². The summed E-state index contributed by atoms with van der Waals surface area (Å²) in [4.78, 5) is 19.2. The normalized spacial score (nSPS) is 20.1. The highest BCUT2D eigenvalue weighted by Gasteiger charge is 2.35. The number of H-pyrrole nitrogens is 1. The number of likely N-dealkylation sites (tertiary alicyclic amines) is 1. The van der Waals surface area contributed by atoms with Gasteiger partial charge in [-0.25, -0.2) is 0 Å². The van der Waals surface area contributed by atoms with Crippen LogP contribution in [0.4, 0.5) is 0 Å². The van der Waals surface area contributed by atoms with Gasteiger partial charge in [-0.1, -0.05) is 24.3 Å². The van der Waals surface area contributed by atoms with Crippen molar-refractivity contribution in [3.63, 3.8) is 0 Å². The highest BCUT2D eigenvalue weighted by molar-refractivity contribution is 6.11. The molecule has 1 N–H and O–H groups in total. The lowest BCUT2D eigenvalue weighted by molar-refractivity contribution is 0.0820. The van der Waals surface area contributed by atoms with Crippen LogP contribution in [0.3, 0.4) is 0 Å². The molecule has 3 aromatic rings. The van der Waals surface area contributed by atoms with Crippen molar-refractivity contribution in [2.24, 2.45) is 0 Å². The maximum atomic E-state index is 13.5. The average Bonchev–Trinajstić information content (AvgIpc) is 3.36. The summed E-state index contributed by atoms with van der Waals surface area (Å²) in [5, 5.41) is 1.01. The lowest BCUT2D eigenvalue weighted by Gasteiger charge is -2.31. The average molecular weight is 390 g/mol. The lowest BCUT2D eigenvalue weighted by atomic mass is 9.98. The zero-order chi connectivity index (χ0) is 20.0. The number of nitrogens with zero attached hydrogens (tertiary/aromatic N) is 1. The number of rotatable bonds is 4. The molecule has 5 heteroatoms. The first-order valence-corrected chi connectivity index (χ1v) is 10.4. The second-order valence-corrected chi connectivity index (χ2v) is 8.01. The lowest BCUT2D eigenvalue weighted by Crippen LogP contribution is -2.38. The number of aromatic nitrogens is 1. The molecule has 0 unspecified atom stereocenters. The van der Waals surface area contributed by atoms with Crippen LogP contribution >= 0.6 is 0 Å². The fourth-order valence-electron chi connectivity index (χ4n) is 4.83. The number of ketones is 1. The van der Waals surface area contributed by atoms with E-state index in [9.17, 15) is 4.79 Å². The van der Waals surface area contributed by atoms with E-state index in [0.29, 0.717) is 13.2 Å². The van der Waals surface area contributed by atoms with Crippen molar-refractivity contribution in [2.75, 3.05) is 19.8 Å². The Labute approximate surface area is 170 Å². The standard InChI is InChI=1S/C24H26N2O3/c1-15-23(18-6-3-4-7-19(18)25-15)24(27)16(2)26-11-5-8-20(26)17-9-10-21-22(14-17)29-13-12-28-21/h3-4,6-7,9-10,14,16,20,25H,5,8,11-13H2,1-2H3/t16-,20-/m0/s1. The van der Waals surface area contributed by atoms with E-state index in [-0.39, 0.29) is 17.9 Å². The Balaban J connectivity index is 1.45. The van der Waals surface area contributed by atoms with Gasteiger partial charge in [0.15, 0.2) is 17.3 Å². The molecule has 0 radical (unpaired) electrons. The summed E-state index contributed by atoms with van der Waals surface area (Å²) in [6.45, 7) is 6.13. The Morgan fingerprint density at radius 2 is 1.93 bits per heavy atom. The fraction of sp³-hybridized carbons (Fsp3) is 0.375. The summed E-state index contributed by atoms with van der Waals surface area (Å²) < 4.78 is 11.4. The molecular formula is C24H26N2O3. The van der Waals surface area contributed by atoms with Crippen molar-refractivity contribution in [1.82, 2.24) is 9.88 Å². The van der Waals surface area contributed by atoms with E-state index in [1.54, 1.807) is 0 Å². The van der Waals surface area contributed by atoms with Crippen LogP contribution in [0.5, 0.6) is 11.5 Å². The van der Waals surface area contributed by atoms with Gasteiger partial charge in [-0.3, -0.25) is 9.69 Å². The molecule has 2 aromatic carbocycles. The molecule has 150 valence electrons. The van der Waals surface area contributed by atoms with Gasteiger partial charge in [-0.05, 0) is 57.0 Å². The van der Waals surface area contributed by atoms with Gasteiger partial charge in [0, 0.05) is 28.2 Å². The summed E-state index contributed by atoms with van der Waals surface area (Å²) in [6.07, 6.45) is 2.13. The van der Waals surface area contributed by atoms with Gasteiger partial charge in [-0.2, -0.15) is 0 Å². The highest BCUT2D eigenvalue weighted by Crippen LogP contribution is 2.39. The number of carbonyl (C=O) groups excluding carboxylic acids is 1. The number of benzene rings is 2. The number of para-hydroxylation sites is 1. The van der Waals surface area contributed by atoms with Gasteiger partial charge in [0.1, 0.15) is 13.2 Å². The Hall–Kier alpha value is -2.79. The summed E-state index contributed by atoms with van der Waals surface area (Å²) in [5.74, 6) is 1.81. The van der Waals surface area contributed by atoms with Crippen LogP contribution in [0.1, 0.15) is 47.4 Å². The van der Waals surface area contributed by atoms with Crippen LogP contribution in [0.2, 0.25) is 0 Å². The van der Waals surface area contributed by atoms with Gasteiger partial charge in [0.05, 0.1) is 6.04 Å². The third-order valence-electron chi connectivity index (χ3n) is 6.26. The van der Waals surface area contributed by atoms with E-state index in [1.165, 1.54) is 5.56 Å². The van der Waals surface area contributed by atoms with E-state index in [0.717, 1.165) is 53.0 Å². The largest absolute Gasteiger partial charge is 0.486 e. The van der Waals surface area contributed by atoms with Gasteiger partial charge in [-0.15, -0.1) is 0 Å².